The van der Waals surface area contributed by atoms with Gasteiger partial charge < -0.3 is 14.8 Å². The molecule has 1 amide bonds. The summed E-state index contributed by atoms with van der Waals surface area (Å²) in [6.45, 7) is -0.254. The van der Waals surface area contributed by atoms with Gasteiger partial charge in [-0.05, 0) is 42.9 Å². The number of nitrogens with one attached hydrogen (secondary N) is 2. The molecule has 3 N–H and O–H groups in total. The molecule has 170 valence electrons. The monoisotopic (exact) mass is 446 g/mol. The topological polar surface area (TPSA) is 110 Å². The number of aromatic nitrogens is 2. The Kier molecular flexibility index (Phi) is 5.93. The normalized spacial score (nSPS) is 21.8. The van der Waals surface area contributed by atoms with Crippen molar-refractivity contribution in [1.82, 2.24) is 21.0 Å². The zero-order valence-electron chi connectivity index (χ0n) is 18.1. The van der Waals surface area contributed by atoms with Gasteiger partial charge in [0.25, 0.3) is 5.91 Å². The lowest BCUT2D eigenvalue weighted by Gasteiger charge is -2.27. The van der Waals surface area contributed by atoms with Crippen LogP contribution in [0.25, 0.3) is 0 Å². The molecule has 0 bridgehead atoms. The van der Waals surface area contributed by atoms with E-state index in [2.05, 4.69) is 21.0 Å². The van der Waals surface area contributed by atoms with E-state index in [9.17, 15) is 4.79 Å². The van der Waals surface area contributed by atoms with Gasteiger partial charge in [-0.15, -0.1) is 10.2 Å². The Morgan fingerprint density at radius 1 is 1.00 bits per heavy atom. The number of amides is 1. The summed E-state index contributed by atoms with van der Waals surface area (Å²) in [4.78, 5) is 19.1. The SMILES string of the molecule is O=C(NC1CCC(c2nnc(CO)o2)CC1)C1=CC(c2ccccc2)(c2ccccc2)ON1. The lowest BCUT2D eigenvalue weighted by Crippen LogP contribution is -2.39. The van der Waals surface area contributed by atoms with Gasteiger partial charge in [-0.25, -0.2) is 0 Å². The minimum Gasteiger partial charge on any atom is -0.422 e. The van der Waals surface area contributed by atoms with E-state index >= 15 is 0 Å². The number of nitrogens with zero attached hydrogens (tertiary/aromatic N) is 2. The maximum Gasteiger partial charge on any atom is 0.269 e. The van der Waals surface area contributed by atoms with E-state index in [0.29, 0.717) is 11.6 Å². The van der Waals surface area contributed by atoms with Crippen LogP contribution in [0.1, 0.15) is 54.5 Å². The molecular weight excluding hydrogens is 420 g/mol. The molecule has 1 aliphatic heterocycles. The fourth-order valence-corrected chi connectivity index (χ4v) is 4.58. The third kappa shape index (κ3) is 4.27. The molecule has 0 saturated heterocycles. The van der Waals surface area contributed by atoms with Crippen molar-refractivity contribution in [3.05, 3.63) is 95.3 Å². The molecule has 33 heavy (non-hydrogen) atoms. The number of rotatable bonds is 6. The van der Waals surface area contributed by atoms with Crippen LogP contribution in [0.5, 0.6) is 0 Å². The molecular formula is C25H26N4O4. The van der Waals surface area contributed by atoms with Crippen LogP contribution >= 0.6 is 0 Å². The number of hydrogen-bond acceptors (Lipinski definition) is 7. The molecule has 3 aromatic rings. The highest BCUT2D eigenvalue weighted by atomic mass is 16.7. The van der Waals surface area contributed by atoms with Gasteiger partial charge in [0, 0.05) is 12.0 Å². The van der Waals surface area contributed by atoms with Gasteiger partial charge in [0.1, 0.15) is 12.3 Å². The van der Waals surface area contributed by atoms with Crippen LogP contribution in [-0.4, -0.2) is 27.3 Å². The molecule has 0 radical (unpaired) electrons. The Hall–Kier alpha value is -3.49. The van der Waals surface area contributed by atoms with Gasteiger partial charge in [0.05, 0.1) is 0 Å². The zero-order valence-corrected chi connectivity index (χ0v) is 18.1. The lowest BCUT2D eigenvalue weighted by molar-refractivity contribution is -0.120. The van der Waals surface area contributed by atoms with Crippen molar-refractivity contribution in [2.45, 2.75) is 49.9 Å². The van der Waals surface area contributed by atoms with Gasteiger partial charge in [0.15, 0.2) is 5.60 Å². The number of benzene rings is 2. The second-order valence-corrected chi connectivity index (χ2v) is 8.44. The first-order chi connectivity index (χ1) is 16.2. The third-order valence-corrected chi connectivity index (χ3v) is 6.35. The Labute approximate surface area is 191 Å². The summed E-state index contributed by atoms with van der Waals surface area (Å²) < 4.78 is 5.48. The molecule has 0 atom stereocenters. The molecule has 1 fully saturated rings. The van der Waals surface area contributed by atoms with Crippen molar-refractivity contribution < 1.29 is 19.2 Å². The zero-order chi connectivity index (χ0) is 22.7. The number of aliphatic hydroxyl groups is 1. The van der Waals surface area contributed by atoms with Crippen molar-refractivity contribution in [3.63, 3.8) is 0 Å². The highest BCUT2D eigenvalue weighted by Crippen LogP contribution is 2.39. The maximum absolute atomic E-state index is 13.1. The minimum absolute atomic E-state index is 0.0557. The summed E-state index contributed by atoms with van der Waals surface area (Å²) >= 11 is 0. The van der Waals surface area contributed by atoms with Crippen LogP contribution in [-0.2, 0) is 21.8 Å². The Balaban J connectivity index is 1.28. The van der Waals surface area contributed by atoms with E-state index in [-0.39, 0.29) is 30.4 Å². The van der Waals surface area contributed by atoms with E-state index in [1.54, 1.807) is 0 Å². The fraction of sp³-hybridized carbons (Fsp3) is 0.320. The summed E-state index contributed by atoms with van der Waals surface area (Å²) in [6, 6.07) is 19.8. The first-order valence-corrected chi connectivity index (χ1v) is 11.2. The molecule has 1 saturated carbocycles. The maximum atomic E-state index is 13.1. The molecule has 8 heteroatoms. The Morgan fingerprint density at radius 2 is 1.64 bits per heavy atom. The summed E-state index contributed by atoms with van der Waals surface area (Å²) in [5.74, 6) is 0.766. The first kappa shape index (κ1) is 21.4. The lowest BCUT2D eigenvalue weighted by atomic mass is 9.85. The van der Waals surface area contributed by atoms with Gasteiger partial charge in [0.2, 0.25) is 11.8 Å². The van der Waals surface area contributed by atoms with Crippen molar-refractivity contribution in [3.8, 4) is 0 Å². The second-order valence-electron chi connectivity index (χ2n) is 8.44. The molecule has 2 aliphatic rings. The van der Waals surface area contributed by atoms with Crippen LogP contribution in [0.2, 0.25) is 0 Å². The highest BCUT2D eigenvalue weighted by molar-refractivity contribution is 5.93. The van der Waals surface area contributed by atoms with E-state index < -0.39 is 5.60 Å². The molecule has 1 aromatic heterocycles. The number of carbonyl (C=O) groups excluding carboxylic acids is 1. The number of hydrogen-bond donors (Lipinski definition) is 3. The van der Waals surface area contributed by atoms with Gasteiger partial charge in [-0.2, -0.15) is 0 Å². The quantitative estimate of drug-likeness (QED) is 0.534. The summed E-state index contributed by atoms with van der Waals surface area (Å²) in [7, 11) is 0. The number of carbonyl (C=O) groups is 1. The van der Waals surface area contributed by atoms with E-state index in [1.165, 1.54) is 0 Å². The summed E-state index contributed by atoms with van der Waals surface area (Å²) in [6.07, 6.45) is 5.14. The summed E-state index contributed by atoms with van der Waals surface area (Å²) in [5, 5.41) is 20.1. The molecule has 2 aromatic carbocycles. The minimum atomic E-state index is -0.880. The third-order valence-electron chi connectivity index (χ3n) is 6.35. The fourth-order valence-electron chi connectivity index (χ4n) is 4.58. The standard InChI is InChI=1S/C25H26N4O4/c30-16-22-27-28-24(32-22)17-11-13-20(14-12-17)26-23(31)21-15-25(33-29-21,18-7-3-1-4-8-18)19-9-5-2-6-10-19/h1-10,15,17,20,29-30H,11-14,16H2,(H,26,31). The van der Waals surface area contributed by atoms with Crippen molar-refractivity contribution in [2.24, 2.45) is 0 Å². The van der Waals surface area contributed by atoms with Crippen LogP contribution < -0.4 is 10.8 Å². The average Bonchev–Trinajstić information content (AvgIpc) is 3.54. The van der Waals surface area contributed by atoms with Gasteiger partial charge >= 0.3 is 0 Å². The van der Waals surface area contributed by atoms with Gasteiger partial charge in [-0.1, -0.05) is 60.7 Å². The van der Waals surface area contributed by atoms with Crippen molar-refractivity contribution >= 4 is 5.91 Å². The molecule has 2 heterocycles. The van der Waals surface area contributed by atoms with E-state index in [0.717, 1.165) is 36.8 Å². The van der Waals surface area contributed by atoms with Gasteiger partial charge in [-0.3, -0.25) is 15.1 Å². The molecule has 0 unspecified atom stereocenters. The highest BCUT2D eigenvalue weighted by Gasteiger charge is 2.41. The number of aliphatic hydroxyl groups excluding tert-OH is 1. The second kappa shape index (κ2) is 9.17. The van der Waals surface area contributed by atoms with Crippen LogP contribution in [0.3, 0.4) is 0 Å². The van der Waals surface area contributed by atoms with Crippen LogP contribution in [0.4, 0.5) is 0 Å². The molecule has 8 nitrogen and oxygen atoms in total. The molecule has 5 rings (SSSR count). The predicted molar refractivity (Wildman–Crippen MR) is 119 cm³/mol. The first-order valence-electron chi connectivity index (χ1n) is 11.2. The van der Waals surface area contributed by atoms with Crippen LogP contribution in [0.15, 0.2) is 76.9 Å². The average molecular weight is 447 g/mol. The Bertz CT molecular complexity index is 1080. The van der Waals surface area contributed by atoms with Crippen molar-refractivity contribution in [1.29, 1.82) is 0 Å². The van der Waals surface area contributed by atoms with E-state index in [4.69, 9.17) is 14.4 Å². The van der Waals surface area contributed by atoms with Crippen LogP contribution in [0, 0.1) is 0 Å². The number of hydroxylamine groups is 1. The smallest absolute Gasteiger partial charge is 0.269 e. The van der Waals surface area contributed by atoms with E-state index in [1.807, 2.05) is 66.7 Å². The molecule has 0 spiro atoms. The van der Waals surface area contributed by atoms with Crippen molar-refractivity contribution in [2.75, 3.05) is 0 Å². The largest absolute Gasteiger partial charge is 0.422 e. The predicted octanol–water partition coefficient (Wildman–Crippen LogP) is 3.07. The summed E-state index contributed by atoms with van der Waals surface area (Å²) in [5.41, 5.74) is 4.27. The molecule has 1 aliphatic carbocycles. The Morgan fingerprint density at radius 3 is 2.21 bits per heavy atom.